The van der Waals surface area contributed by atoms with Crippen LogP contribution in [-0.4, -0.2) is 30.3 Å². The summed E-state index contributed by atoms with van der Waals surface area (Å²) in [5.74, 6) is 1.00. The molecule has 1 aromatic carbocycles. The minimum Gasteiger partial charge on any atom is -0.353 e. The van der Waals surface area contributed by atoms with Gasteiger partial charge in [-0.15, -0.1) is 24.2 Å². The molecular weight excluding hydrogens is 372 g/mol. The molecule has 1 heterocycles. The van der Waals surface area contributed by atoms with E-state index in [0.29, 0.717) is 18.5 Å². The van der Waals surface area contributed by atoms with E-state index in [0.717, 1.165) is 29.6 Å². The third-order valence-electron chi connectivity index (χ3n) is 3.40. The minimum absolute atomic E-state index is 0. The van der Waals surface area contributed by atoms with Crippen molar-refractivity contribution >= 4 is 46.0 Å². The molecule has 0 aliphatic carbocycles. The lowest BCUT2D eigenvalue weighted by Crippen LogP contribution is -2.46. The van der Waals surface area contributed by atoms with Gasteiger partial charge in [-0.3, -0.25) is 4.79 Å². The zero-order chi connectivity index (χ0) is 14.4. The number of carbonyl (C=O) groups is 1. The number of nitrogens with one attached hydrogen (secondary N) is 2. The Morgan fingerprint density at radius 2 is 2.14 bits per heavy atom. The molecule has 21 heavy (non-hydrogen) atoms. The van der Waals surface area contributed by atoms with Gasteiger partial charge < -0.3 is 10.6 Å². The monoisotopic (exact) mass is 392 g/mol. The molecular formula is C15H22BrClN2OS. The number of carbonyl (C=O) groups excluding carboxylic acids is 1. The molecule has 2 atom stereocenters. The fraction of sp³-hybridized carbons (Fsp3) is 0.533. The number of rotatable bonds is 5. The van der Waals surface area contributed by atoms with Crippen molar-refractivity contribution in [3.63, 3.8) is 0 Å². The van der Waals surface area contributed by atoms with Gasteiger partial charge in [0.2, 0.25) is 5.91 Å². The third kappa shape index (κ3) is 7.04. The number of halogens is 2. The van der Waals surface area contributed by atoms with Crippen LogP contribution in [0, 0.1) is 0 Å². The lowest BCUT2D eigenvalue weighted by atomic mass is 10.0. The van der Waals surface area contributed by atoms with Crippen molar-refractivity contribution in [2.75, 3.05) is 12.3 Å². The maximum atomic E-state index is 11.9. The summed E-state index contributed by atoms with van der Waals surface area (Å²) in [5.41, 5.74) is 0. The largest absolute Gasteiger partial charge is 0.353 e. The first-order chi connectivity index (χ1) is 9.63. The Morgan fingerprint density at radius 3 is 2.81 bits per heavy atom. The first kappa shape index (κ1) is 18.8. The van der Waals surface area contributed by atoms with Crippen LogP contribution in [0.2, 0.25) is 0 Å². The van der Waals surface area contributed by atoms with Crippen LogP contribution in [0.15, 0.2) is 33.6 Å². The molecule has 1 amide bonds. The Hall–Kier alpha value is -0.230. The van der Waals surface area contributed by atoms with Crippen molar-refractivity contribution in [1.82, 2.24) is 10.6 Å². The SMILES string of the molecule is CC1CC(NC(=O)CCSc2ccc(Br)cc2)CCN1.Cl. The number of hydrogen-bond donors (Lipinski definition) is 2. The number of thioether (sulfide) groups is 1. The Balaban J connectivity index is 0.00000220. The number of piperidine rings is 1. The highest BCUT2D eigenvalue weighted by atomic mass is 79.9. The second kappa shape index (κ2) is 9.72. The summed E-state index contributed by atoms with van der Waals surface area (Å²) in [4.78, 5) is 13.1. The van der Waals surface area contributed by atoms with Crippen LogP contribution >= 0.6 is 40.1 Å². The van der Waals surface area contributed by atoms with Gasteiger partial charge in [0.05, 0.1) is 0 Å². The van der Waals surface area contributed by atoms with Crippen molar-refractivity contribution < 1.29 is 4.79 Å². The first-order valence-corrected chi connectivity index (χ1v) is 8.82. The van der Waals surface area contributed by atoms with Crippen molar-refractivity contribution in [2.45, 2.75) is 43.2 Å². The van der Waals surface area contributed by atoms with Crippen molar-refractivity contribution in [1.29, 1.82) is 0 Å². The van der Waals surface area contributed by atoms with Gasteiger partial charge in [0, 0.05) is 33.6 Å². The smallest absolute Gasteiger partial charge is 0.221 e. The van der Waals surface area contributed by atoms with E-state index in [2.05, 4.69) is 45.6 Å². The highest BCUT2D eigenvalue weighted by Gasteiger charge is 2.19. The zero-order valence-electron chi connectivity index (χ0n) is 12.1. The van der Waals surface area contributed by atoms with Crippen molar-refractivity contribution in [2.24, 2.45) is 0 Å². The van der Waals surface area contributed by atoms with Crippen LogP contribution in [0.1, 0.15) is 26.2 Å². The minimum atomic E-state index is 0. The van der Waals surface area contributed by atoms with E-state index in [4.69, 9.17) is 0 Å². The summed E-state index contributed by atoms with van der Waals surface area (Å²) in [7, 11) is 0. The van der Waals surface area contributed by atoms with Gasteiger partial charge in [-0.1, -0.05) is 15.9 Å². The molecule has 0 bridgehead atoms. The van der Waals surface area contributed by atoms with Gasteiger partial charge in [0.15, 0.2) is 0 Å². The molecule has 2 unspecified atom stereocenters. The van der Waals surface area contributed by atoms with Crippen LogP contribution in [0.3, 0.4) is 0 Å². The molecule has 1 saturated heterocycles. The average Bonchev–Trinajstić information content (AvgIpc) is 2.41. The third-order valence-corrected chi connectivity index (χ3v) is 4.94. The van der Waals surface area contributed by atoms with E-state index in [1.165, 1.54) is 4.90 Å². The predicted molar refractivity (Wildman–Crippen MR) is 95.4 cm³/mol. The summed E-state index contributed by atoms with van der Waals surface area (Å²) in [6.07, 6.45) is 2.65. The highest BCUT2D eigenvalue weighted by Crippen LogP contribution is 2.21. The summed E-state index contributed by atoms with van der Waals surface area (Å²) in [6, 6.07) is 9.04. The van der Waals surface area contributed by atoms with E-state index < -0.39 is 0 Å². The lowest BCUT2D eigenvalue weighted by molar-refractivity contribution is -0.121. The van der Waals surface area contributed by atoms with Gasteiger partial charge in [0.1, 0.15) is 0 Å². The fourth-order valence-electron chi connectivity index (χ4n) is 2.36. The first-order valence-electron chi connectivity index (χ1n) is 7.04. The molecule has 1 fully saturated rings. The summed E-state index contributed by atoms with van der Waals surface area (Å²) in [5, 5.41) is 6.54. The average molecular weight is 394 g/mol. The Bertz CT molecular complexity index is 444. The van der Waals surface area contributed by atoms with E-state index in [1.807, 2.05) is 12.1 Å². The van der Waals surface area contributed by atoms with E-state index in [9.17, 15) is 4.79 Å². The summed E-state index contributed by atoms with van der Waals surface area (Å²) >= 11 is 5.14. The van der Waals surface area contributed by atoms with Gasteiger partial charge >= 0.3 is 0 Å². The molecule has 1 aliphatic heterocycles. The van der Waals surface area contributed by atoms with Gasteiger partial charge in [-0.25, -0.2) is 0 Å². The normalized spacial score (nSPS) is 21.4. The van der Waals surface area contributed by atoms with Gasteiger partial charge in [-0.2, -0.15) is 0 Å². The Labute approximate surface area is 145 Å². The number of hydrogen-bond acceptors (Lipinski definition) is 3. The fourth-order valence-corrected chi connectivity index (χ4v) is 3.47. The van der Waals surface area contributed by atoms with E-state index in [-0.39, 0.29) is 18.3 Å². The topological polar surface area (TPSA) is 41.1 Å². The van der Waals surface area contributed by atoms with Crippen LogP contribution < -0.4 is 10.6 Å². The summed E-state index contributed by atoms with van der Waals surface area (Å²) < 4.78 is 1.08. The molecule has 0 aromatic heterocycles. The molecule has 118 valence electrons. The van der Waals surface area contributed by atoms with Crippen LogP contribution in [0.5, 0.6) is 0 Å². The second-order valence-corrected chi connectivity index (χ2v) is 7.28. The summed E-state index contributed by atoms with van der Waals surface area (Å²) in [6.45, 7) is 3.17. The molecule has 0 spiro atoms. The lowest BCUT2D eigenvalue weighted by Gasteiger charge is -2.28. The molecule has 0 saturated carbocycles. The molecule has 2 N–H and O–H groups in total. The van der Waals surface area contributed by atoms with E-state index in [1.54, 1.807) is 11.8 Å². The van der Waals surface area contributed by atoms with Crippen LogP contribution in [-0.2, 0) is 4.79 Å². The molecule has 0 radical (unpaired) electrons. The second-order valence-electron chi connectivity index (χ2n) is 5.20. The predicted octanol–water partition coefficient (Wildman–Crippen LogP) is 3.61. The van der Waals surface area contributed by atoms with Gasteiger partial charge in [0.25, 0.3) is 0 Å². The maximum Gasteiger partial charge on any atom is 0.221 e. The maximum absolute atomic E-state index is 11.9. The Kier molecular flexibility index (Phi) is 8.71. The quantitative estimate of drug-likeness (QED) is 0.751. The van der Waals surface area contributed by atoms with Crippen LogP contribution in [0.25, 0.3) is 0 Å². The molecule has 1 aliphatic rings. The molecule has 1 aromatic rings. The van der Waals surface area contributed by atoms with Crippen molar-refractivity contribution in [3.05, 3.63) is 28.7 Å². The van der Waals surface area contributed by atoms with E-state index >= 15 is 0 Å². The Morgan fingerprint density at radius 1 is 1.43 bits per heavy atom. The molecule has 2 rings (SSSR count). The van der Waals surface area contributed by atoms with Crippen molar-refractivity contribution in [3.8, 4) is 0 Å². The zero-order valence-corrected chi connectivity index (χ0v) is 15.3. The standard InChI is InChI=1S/C15H21BrN2OS.ClH/c1-11-10-13(6-8-17-11)18-15(19)7-9-20-14-4-2-12(16)3-5-14;/h2-5,11,13,17H,6-10H2,1H3,(H,18,19);1H. The number of amides is 1. The highest BCUT2D eigenvalue weighted by molar-refractivity contribution is 9.10. The molecule has 6 heteroatoms. The molecule has 3 nitrogen and oxygen atoms in total. The van der Waals surface area contributed by atoms with Crippen LogP contribution in [0.4, 0.5) is 0 Å². The van der Waals surface area contributed by atoms with Gasteiger partial charge in [-0.05, 0) is 50.6 Å². The number of benzene rings is 1.